The quantitative estimate of drug-likeness (QED) is 0.809. The van der Waals surface area contributed by atoms with Gasteiger partial charge in [-0.1, -0.05) is 24.3 Å². The molecule has 0 aromatic heterocycles. The van der Waals surface area contributed by atoms with E-state index < -0.39 is 6.10 Å². The molecule has 1 aromatic rings. The second kappa shape index (κ2) is 6.38. The van der Waals surface area contributed by atoms with Crippen LogP contribution >= 0.6 is 0 Å². The minimum absolute atomic E-state index is 0.0221. The molecular weight excluding hydrogens is 240 g/mol. The summed E-state index contributed by atoms with van der Waals surface area (Å²) in [5, 5.41) is 12.9. The first-order valence-corrected chi connectivity index (χ1v) is 6.62. The van der Waals surface area contributed by atoms with E-state index in [2.05, 4.69) is 11.9 Å². The Morgan fingerprint density at radius 3 is 3.11 bits per heavy atom. The molecule has 2 rings (SSSR count). The molecule has 0 bridgehead atoms. The topological polar surface area (TPSA) is 52.6 Å². The lowest BCUT2D eigenvalue weighted by molar-refractivity contribution is -0.119. The van der Waals surface area contributed by atoms with Crippen molar-refractivity contribution in [3.63, 3.8) is 0 Å². The summed E-state index contributed by atoms with van der Waals surface area (Å²) >= 11 is 0. The van der Waals surface area contributed by atoms with Crippen LogP contribution in [0.5, 0.6) is 0 Å². The molecule has 1 atom stereocenters. The summed E-state index contributed by atoms with van der Waals surface area (Å²) in [6.45, 7) is 5.17. The number of hydrogen-bond acceptors (Lipinski definition) is 3. The fraction of sp³-hybridized carbons (Fsp3) is 0.400. The predicted molar refractivity (Wildman–Crippen MR) is 76.1 cm³/mol. The molecule has 1 unspecified atom stereocenters. The van der Waals surface area contributed by atoms with Gasteiger partial charge in [-0.05, 0) is 18.9 Å². The predicted octanol–water partition coefficient (Wildman–Crippen LogP) is 1.62. The lowest BCUT2D eigenvalue weighted by Crippen LogP contribution is -2.37. The zero-order chi connectivity index (χ0) is 13.7. The van der Waals surface area contributed by atoms with Crippen LogP contribution in [0.3, 0.4) is 0 Å². The average molecular weight is 260 g/mol. The highest BCUT2D eigenvalue weighted by Gasteiger charge is 2.22. The van der Waals surface area contributed by atoms with Gasteiger partial charge in [-0.2, -0.15) is 0 Å². The Hall–Kier alpha value is -1.81. The Labute approximate surface area is 113 Å². The van der Waals surface area contributed by atoms with Crippen molar-refractivity contribution >= 4 is 11.6 Å². The molecule has 0 saturated carbocycles. The summed E-state index contributed by atoms with van der Waals surface area (Å²) in [6.07, 6.45) is 2.85. The van der Waals surface area contributed by atoms with E-state index in [0.717, 1.165) is 30.6 Å². The molecule has 0 saturated heterocycles. The summed E-state index contributed by atoms with van der Waals surface area (Å²) in [6, 6.07) is 7.75. The van der Waals surface area contributed by atoms with Crippen molar-refractivity contribution in [2.75, 3.05) is 24.5 Å². The van der Waals surface area contributed by atoms with Gasteiger partial charge in [0.1, 0.15) is 0 Å². The molecular formula is C15H20N2O2. The fourth-order valence-electron chi connectivity index (χ4n) is 2.39. The number of fused-ring (bicyclic) bond motifs is 1. The Kier molecular flexibility index (Phi) is 4.58. The molecule has 0 fully saturated rings. The molecule has 1 aliphatic rings. The Balaban J connectivity index is 2.14. The summed E-state index contributed by atoms with van der Waals surface area (Å²) in [4.78, 5) is 13.8. The molecule has 4 heteroatoms. The maximum absolute atomic E-state index is 11.8. The largest absolute Gasteiger partial charge is 0.388 e. The third kappa shape index (κ3) is 3.35. The van der Waals surface area contributed by atoms with E-state index in [0.29, 0.717) is 13.1 Å². The number of anilines is 1. The zero-order valence-corrected chi connectivity index (χ0v) is 11.0. The third-order valence-corrected chi connectivity index (χ3v) is 3.32. The van der Waals surface area contributed by atoms with Crippen LogP contribution in [0.1, 0.15) is 24.5 Å². The fourth-order valence-corrected chi connectivity index (χ4v) is 2.39. The first kappa shape index (κ1) is 13.6. The van der Waals surface area contributed by atoms with Crippen LogP contribution in [0.15, 0.2) is 36.9 Å². The van der Waals surface area contributed by atoms with Gasteiger partial charge in [0.2, 0.25) is 5.91 Å². The van der Waals surface area contributed by atoms with Crippen molar-refractivity contribution in [1.29, 1.82) is 0 Å². The molecule has 19 heavy (non-hydrogen) atoms. The monoisotopic (exact) mass is 260 g/mol. The minimum Gasteiger partial charge on any atom is -0.388 e. The van der Waals surface area contributed by atoms with Crippen molar-refractivity contribution in [1.82, 2.24) is 5.32 Å². The highest BCUT2D eigenvalue weighted by molar-refractivity contribution is 5.81. The normalized spacial score (nSPS) is 18.4. The number of para-hydroxylation sites is 1. The van der Waals surface area contributed by atoms with Gasteiger partial charge in [0.25, 0.3) is 0 Å². The Morgan fingerprint density at radius 1 is 1.53 bits per heavy atom. The lowest BCUT2D eigenvalue weighted by atomic mass is 10.0. The molecule has 4 nitrogen and oxygen atoms in total. The number of rotatable bonds is 4. The van der Waals surface area contributed by atoms with E-state index in [4.69, 9.17) is 0 Å². The second-order valence-electron chi connectivity index (χ2n) is 4.73. The van der Waals surface area contributed by atoms with E-state index in [1.165, 1.54) is 0 Å². The third-order valence-electron chi connectivity index (χ3n) is 3.32. The van der Waals surface area contributed by atoms with Crippen molar-refractivity contribution in [3.05, 3.63) is 42.5 Å². The summed E-state index contributed by atoms with van der Waals surface area (Å²) < 4.78 is 0. The van der Waals surface area contributed by atoms with Crippen LogP contribution in [0.2, 0.25) is 0 Å². The second-order valence-corrected chi connectivity index (χ2v) is 4.73. The summed E-state index contributed by atoms with van der Waals surface area (Å²) in [5.41, 5.74) is 1.87. The smallest absolute Gasteiger partial charge is 0.239 e. The first-order chi connectivity index (χ1) is 9.22. The van der Waals surface area contributed by atoms with Crippen LogP contribution in [-0.4, -0.2) is 30.6 Å². The molecule has 1 aliphatic heterocycles. The van der Waals surface area contributed by atoms with Gasteiger partial charge in [0.05, 0.1) is 12.6 Å². The van der Waals surface area contributed by atoms with Gasteiger partial charge in [-0.15, -0.1) is 6.58 Å². The van der Waals surface area contributed by atoms with Crippen molar-refractivity contribution in [2.45, 2.75) is 18.9 Å². The summed E-state index contributed by atoms with van der Waals surface area (Å²) in [7, 11) is 0. The number of aliphatic hydroxyl groups excluding tert-OH is 1. The molecule has 0 aliphatic carbocycles. The van der Waals surface area contributed by atoms with Crippen molar-refractivity contribution < 1.29 is 9.90 Å². The van der Waals surface area contributed by atoms with E-state index in [1.807, 2.05) is 29.2 Å². The number of aliphatic hydroxyl groups is 1. The van der Waals surface area contributed by atoms with Gasteiger partial charge in [-0.3, -0.25) is 4.79 Å². The van der Waals surface area contributed by atoms with Gasteiger partial charge < -0.3 is 15.3 Å². The van der Waals surface area contributed by atoms with Crippen LogP contribution < -0.4 is 10.2 Å². The molecule has 102 valence electrons. The number of nitrogens with zero attached hydrogens (tertiary/aromatic N) is 1. The van der Waals surface area contributed by atoms with Crippen molar-refractivity contribution in [3.8, 4) is 0 Å². The maximum atomic E-state index is 11.8. The lowest BCUT2D eigenvalue weighted by Gasteiger charge is -2.24. The number of carbonyl (C=O) groups excluding carboxylic acids is 1. The van der Waals surface area contributed by atoms with E-state index >= 15 is 0 Å². The van der Waals surface area contributed by atoms with E-state index in [9.17, 15) is 9.90 Å². The molecule has 0 spiro atoms. The molecule has 1 amide bonds. The van der Waals surface area contributed by atoms with Crippen LogP contribution in [0.4, 0.5) is 5.69 Å². The number of benzene rings is 1. The van der Waals surface area contributed by atoms with Crippen LogP contribution in [0.25, 0.3) is 0 Å². The molecule has 1 aromatic carbocycles. The number of hydrogen-bond donors (Lipinski definition) is 2. The van der Waals surface area contributed by atoms with E-state index in [-0.39, 0.29) is 5.91 Å². The SMILES string of the molecule is C=CCNC(=O)CN1CCCC(O)c2ccccc21. The first-order valence-electron chi connectivity index (χ1n) is 6.62. The average Bonchev–Trinajstić information content (AvgIpc) is 2.58. The van der Waals surface area contributed by atoms with Crippen LogP contribution in [0, 0.1) is 0 Å². The highest BCUT2D eigenvalue weighted by atomic mass is 16.3. The zero-order valence-electron chi connectivity index (χ0n) is 11.0. The summed E-state index contributed by atoms with van der Waals surface area (Å²) in [5.74, 6) is -0.0221. The van der Waals surface area contributed by atoms with Gasteiger partial charge in [0, 0.05) is 24.3 Å². The van der Waals surface area contributed by atoms with Gasteiger partial charge in [0.15, 0.2) is 0 Å². The van der Waals surface area contributed by atoms with Gasteiger partial charge >= 0.3 is 0 Å². The van der Waals surface area contributed by atoms with Gasteiger partial charge in [-0.25, -0.2) is 0 Å². The standard InChI is InChI=1S/C15H20N2O2/c1-2-9-16-15(19)11-17-10-5-8-14(18)12-6-3-4-7-13(12)17/h2-4,6-7,14,18H,1,5,8-11H2,(H,16,19). The number of nitrogens with one attached hydrogen (secondary N) is 1. The molecule has 1 heterocycles. The maximum Gasteiger partial charge on any atom is 0.239 e. The Morgan fingerprint density at radius 2 is 2.32 bits per heavy atom. The minimum atomic E-state index is -0.433. The Bertz CT molecular complexity index is 459. The number of amides is 1. The number of carbonyl (C=O) groups is 1. The highest BCUT2D eigenvalue weighted by Crippen LogP contribution is 2.32. The van der Waals surface area contributed by atoms with E-state index in [1.54, 1.807) is 6.08 Å². The van der Waals surface area contributed by atoms with Crippen LogP contribution in [-0.2, 0) is 4.79 Å². The molecule has 0 radical (unpaired) electrons. The van der Waals surface area contributed by atoms with Crippen molar-refractivity contribution in [2.24, 2.45) is 0 Å². The molecule has 2 N–H and O–H groups in total.